The summed E-state index contributed by atoms with van der Waals surface area (Å²) >= 11 is 0. The zero-order chi connectivity index (χ0) is 16.4. The summed E-state index contributed by atoms with van der Waals surface area (Å²) in [5.41, 5.74) is 8.71. The van der Waals surface area contributed by atoms with Gasteiger partial charge in [-0.25, -0.2) is 4.98 Å². The first-order chi connectivity index (χ1) is 11.1. The van der Waals surface area contributed by atoms with Crippen LogP contribution in [0.15, 0.2) is 24.3 Å². The fourth-order valence-corrected chi connectivity index (χ4v) is 2.25. The van der Waals surface area contributed by atoms with Crippen LogP contribution in [0.1, 0.15) is 22.8 Å². The number of anilines is 1. The molecule has 2 heterocycles. The van der Waals surface area contributed by atoms with E-state index in [2.05, 4.69) is 15.0 Å². The van der Waals surface area contributed by atoms with Crippen molar-refractivity contribution in [1.82, 2.24) is 19.5 Å². The smallest absolute Gasteiger partial charge is 0.320 e. The minimum absolute atomic E-state index is 0.190. The first-order valence-corrected chi connectivity index (χ1v) is 7.08. The van der Waals surface area contributed by atoms with Crippen LogP contribution in [0.5, 0.6) is 6.01 Å². The van der Waals surface area contributed by atoms with Gasteiger partial charge in [-0.1, -0.05) is 24.3 Å². The molecule has 8 heteroatoms. The molecule has 0 saturated carbocycles. The Balaban J connectivity index is 2.04. The fraction of sp³-hybridized carbons (Fsp3) is 0.200. The molecule has 0 fully saturated rings. The Morgan fingerprint density at radius 3 is 2.65 bits per heavy atom. The predicted octanol–water partition coefficient (Wildman–Crippen LogP) is 0.462. The van der Waals surface area contributed by atoms with Crippen LogP contribution in [0.2, 0.25) is 0 Å². The molecule has 0 saturated heterocycles. The van der Waals surface area contributed by atoms with Crippen LogP contribution < -0.4 is 16.2 Å². The number of hydrogen-bond acceptors (Lipinski definition) is 6. The minimum Gasteiger partial charge on any atom is -0.464 e. The van der Waals surface area contributed by atoms with Gasteiger partial charge >= 0.3 is 6.01 Å². The van der Waals surface area contributed by atoms with E-state index >= 15 is 0 Å². The molecule has 7 nitrogen and oxygen atoms in total. The predicted molar refractivity (Wildman–Crippen MR) is 87.2 cm³/mol. The summed E-state index contributed by atoms with van der Waals surface area (Å²) < 4.78 is 7.04. The molecule has 0 spiro atoms. The highest BCUT2D eigenvalue weighted by Gasteiger charge is 2.15. The number of hydrogen-bond donors (Lipinski definition) is 1. The van der Waals surface area contributed by atoms with Gasteiger partial charge < -0.3 is 15.0 Å². The van der Waals surface area contributed by atoms with Crippen molar-refractivity contribution in [2.75, 3.05) is 12.3 Å². The van der Waals surface area contributed by atoms with Crippen molar-refractivity contribution >= 4 is 36.8 Å². The molecule has 0 atom stereocenters. The lowest BCUT2D eigenvalue weighted by Crippen LogP contribution is -2.20. The summed E-state index contributed by atoms with van der Waals surface area (Å²) in [5, 5.41) is 0. The van der Waals surface area contributed by atoms with Crippen molar-refractivity contribution in [1.29, 1.82) is 0 Å². The summed E-state index contributed by atoms with van der Waals surface area (Å²) in [5.74, 6) is 0.222. The van der Waals surface area contributed by atoms with Gasteiger partial charge in [0.15, 0.2) is 19.3 Å². The molecule has 0 aliphatic carbocycles. The molecule has 2 radical (unpaired) electrons. The lowest BCUT2D eigenvalue weighted by molar-refractivity contribution is 0.112. The number of rotatable bonds is 5. The van der Waals surface area contributed by atoms with Crippen molar-refractivity contribution < 1.29 is 9.53 Å². The topological polar surface area (TPSA) is 95.9 Å². The van der Waals surface area contributed by atoms with Gasteiger partial charge in [-0.15, -0.1) is 0 Å². The number of nitrogens with zero attached hydrogens (tertiary/aromatic N) is 4. The molecule has 1 aromatic carbocycles. The molecule has 0 bridgehead atoms. The summed E-state index contributed by atoms with van der Waals surface area (Å²) in [4.78, 5) is 23.3. The summed E-state index contributed by atoms with van der Waals surface area (Å²) in [6, 6.07) is 7.38. The zero-order valence-corrected chi connectivity index (χ0v) is 12.6. The van der Waals surface area contributed by atoms with Gasteiger partial charge in [-0.2, -0.15) is 9.97 Å². The number of carbonyl (C=O) groups is 1. The molecule has 23 heavy (non-hydrogen) atoms. The second-order valence-corrected chi connectivity index (χ2v) is 4.91. The van der Waals surface area contributed by atoms with E-state index < -0.39 is 0 Å². The van der Waals surface area contributed by atoms with E-state index in [1.807, 2.05) is 19.1 Å². The standard InChI is InChI=1S/C15H14BN5O2/c1-2-23-15-19-12(17)11-13(20-15)21(14(16)18-11)7-9-3-5-10(8-22)6-4-9/h3-6,8H,2,7H2,1H3,(H2,17,19,20). The third kappa shape index (κ3) is 2.87. The number of nitrogens with two attached hydrogens (primary N) is 1. The highest BCUT2D eigenvalue weighted by molar-refractivity contribution is 6.30. The van der Waals surface area contributed by atoms with Crippen LogP contribution >= 0.6 is 0 Å². The molecular weight excluding hydrogens is 293 g/mol. The number of fused-ring (bicyclic) bond motifs is 1. The van der Waals surface area contributed by atoms with Gasteiger partial charge in [-0.05, 0) is 12.5 Å². The van der Waals surface area contributed by atoms with Crippen molar-refractivity contribution in [3.8, 4) is 6.01 Å². The highest BCUT2D eigenvalue weighted by Crippen LogP contribution is 2.19. The number of carbonyl (C=O) groups excluding carboxylic acids is 1. The lowest BCUT2D eigenvalue weighted by Gasteiger charge is -2.08. The Morgan fingerprint density at radius 2 is 2.00 bits per heavy atom. The quantitative estimate of drug-likeness (QED) is 0.543. The number of aldehydes is 1. The summed E-state index contributed by atoms with van der Waals surface area (Å²) in [6.45, 7) is 2.72. The van der Waals surface area contributed by atoms with Crippen molar-refractivity contribution in [2.24, 2.45) is 0 Å². The van der Waals surface area contributed by atoms with Crippen LogP contribution in [0.4, 0.5) is 5.82 Å². The molecule has 0 amide bonds. The van der Waals surface area contributed by atoms with Gasteiger partial charge in [0, 0.05) is 12.1 Å². The fourth-order valence-electron chi connectivity index (χ4n) is 2.25. The maximum atomic E-state index is 10.7. The van der Waals surface area contributed by atoms with E-state index in [1.54, 1.807) is 16.7 Å². The Morgan fingerprint density at radius 1 is 1.26 bits per heavy atom. The van der Waals surface area contributed by atoms with E-state index in [4.69, 9.17) is 18.3 Å². The Bertz CT molecular complexity index is 860. The van der Waals surface area contributed by atoms with Crippen molar-refractivity contribution in [2.45, 2.75) is 13.5 Å². The summed E-state index contributed by atoms with van der Waals surface area (Å²) in [7, 11) is 5.98. The van der Waals surface area contributed by atoms with Crippen LogP contribution in [0, 0.1) is 0 Å². The Kier molecular flexibility index (Phi) is 3.97. The molecule has 3 rings (SSSR count). The maximum absolute atomic E-state index is 10.7. The lowest BCUT2D eigenvalue weighted by atomic mass is 10.1. The van der Waals surface area contributed by atoms with Gasteiger partial charge in [-0.3, -0.25) is 4.79 Å². The van der Waals surface area contributed by atoms with Crippen LogP contribution in [-0.4, -0.2) is 40.3 Å². The minimum atomic E-state index is 0.190. The number of imidazole rings is 1. The molecule has 0 aliphatic heterocycles. The van der Waals surface area contributed by atoms with E-state index in [9.17, 15) is 4.79 Å². The number of aromatic nitrogens is 4. The first kappa shape index (κ1) is 15.0. The third-order valence-corrected chi connectivity index (χ3v) is 3.36. The Hall–Kier alpha value is -2.90. The van der Waals surface area contributed by atoms with E-state index in [0.717, 1.165) is 11.8 Å². The third-order valence-electron chi connectivity index (χ3n) is 3.36. The molecule has 114 valence electrons. The van der Waals surface area contributed by atoms with E-state index in [-0.39, 0.29) is 17.6 Å². The normalized spacial score (nSPS) is 10.8. The average molecular weight is 307 g/mol. The van der Waals surface area contributed by atoms with Crippen LogP contribution in [-0.2, 0) is 6.54 Å². The first-order valence-electron chi connectivity index (χ1n) is 7.08. The van der Waals surface area contributed by atoms with Crippen molar-refractivity contribution in [3.05, 3.63) is 35.4 Å². The number of nitrogen functional groups attached to an aromatic ring is 1. The second-order valence-electron chi connectivity index (χ2n) is 4.91. The SMILES string of the molecule is [B]c1nc2c(N)nc(OCC)nc2n1Cc1ccc(C=O)cc1. The monoisotopic (exact) mass is 307 g/mol. The van der Waals surface area contributed by atoms with Crippen molar-refractivity contribution in [3.63, 3.8) is 0 Å². The zero-order valence-electron chi connectivity index (χ0n) is 12.6. The van der Waals surface area contributed by atoms with E-state index in [0.29, 0.717) is 29.9 Å². The van der Waals surface area contributed by atoms with Crippen LogP contribution in [0.25, 0.3) is 11.2 Å². The van der Waals surface area contributed by atoms with Crippen LogP contribution in [0.3, 0.4) is 0 Å². The van der Waals surface area contributed by atoms with Gasteiger partial charge in [0.2, 0.25) is 0 Å². The number of benzene rings is 1. The van der Waals surface area contributed by atoms with Gasteiger partial charge in [0.1, 0.15) is 11.8 Å². The Labute approximate surface area is 133 Å². The molecule has 0 unspecified atom stereocenters. The molecule has 0 aliphatic rings. The highest BCUT2D eigenvalue weighted by atomic mass is 16.5. The number of ether oxygens (including phenoxy) is 1. The second kappa shape index (κ2) is 6.08. The molecule has 2 N–H and O–H groups in total. The molecule has 2 aromatic heterocycles. The average Bonchev–Trinajstić information content (AvgIpc) is 2.86. The maximum Gasteiger partial charge on any atom is 0.320 e. The van der Waals surface area contributed by atoms with Gasteiger partial charge in [0.25, 0.3) is 0 Å². The molecular formula is C15H14BN5O2. The largest absolute Gasteiger partial charge is 0.464 e. The van der Waals surface area contributed by atoms with Gasteiger partial charge in [0.05, 0.1) is 12.3 Å². The summed E-state index contributed by atoms with van der Waals surface area (Å²) in [6.07, 6.45) is 0.799. The van der Waals surface area contributed by atoms with E-state index in [1.165, 1.54) is 0 Å². The molecule has 3 aromatic rings.